The Morgan fingerprint density at radius 3 is 2.14 bits per heavy atom. The van der Waals surface area contributed by atoms with Crippen molar-refractivity contribution in [3.63, 3.8) is 0 Å². The van der Waals surface area contributed by atoms with Crippen molar-refractivity contribution in [1.82, 2.24) is 4.90 Å². The minimum absolute atomic E-state index is 0.269. The third kappa shape index (κ3) is 4.20. The summed E-state index contributed by atoms with van der Waals surface area (Å²) in [4.78, 5) is 2.10. The normalized spacial score (nSPS) is 23.4. The van der Waals surface area contributed by atoms with Crippen LogP contribution in [0.25, 0.3) is 11.1 Å². The molecule has 0 radical (unpaired) electrons. The molecule has 0 bridgehead atoms. The highest BCUT2D eigenvalue weighted by molar-refractivity contribution is 9.10. The van der Waals surface area contributed by atoms with Crippen molar-refractivity contribution in [2.75, 3.05) is 0 Å². The summed E-state index contributed by atoms with van der Waals surface area (Å²) in [7, 11) is 0. The van der Waals surface area contributed by atoms with Crippen molar-refractivity contribution in [2.45, 2.75) is 76.8 Å². The van der Waals surface area contributed by atoms with Gasteiger partial charge in [-0.1, -0.05) is 72.6 Å². The van der Waals surface area contributed by atoms with Crippen LogP contribution in [0, 0.1) is 0 Å². The van der Waals surface area contributed by atoms with Gasteiger partial charge in [0.1, 0.15) is 12.3 Å². The lowest BCUT2D eigenvalue weighted by Gasteiger charge is -2.46. The average Bonchev–Trinajstić information content (AvgIpc) is 2.67. The number of hydrogen-bond donors (Lipinski definition) is 2. The molecule has 4 unspecified atom stereocenters. The lowest BCUT2D eigenvalue weighted by atomic mass is 9.74. The number of nitrogens with zero attached hydrogens (tertiary/aromatic N) is 1. The summed E-state index contributed by atoms with van der Waals surface area (Å²) in [5, 5.41) is 22.5. The Morgan fingerprint density at radius 1 is 0.964 bits per heavy atom. The first-order valence-electron chi connectivity index (χ1n) is 10.2. The molecule has 2 aromatic carbocycles. The summed E-state index contributed by atoms with van der Waals surface area (Å²) in [6.45, 7) is 8.35. The number of likely N-dealkylation sites (tertiary alicyclic amines) is 1. The Labute approximate surface area is 177 Å². The molecule has 2 aromatic rings. The van der Waals surface area contributed by atoms with Crippen LogP contribution in [-0.2, 0) is 5.41 Å². The first-order chi connectivity index (χ1) is 13.2. The van der Waals surface area contributed by atoms with E-state index in [2.05, 4.69) is 58.9 Å². The molecule has 0 spiro atoms. The molecule has 1 heterocycles. The third-order valence-corrected chi connectivity index (χ3v) is 6.89. The fourth-order valence-corrected chi connectivity index (χ4v) is 4.85. The van der Waals surface area contributed by atoms with Gasteiger partial charge in [-0.3, -0.25) is 4.90 Å². The number of rotatable bonds is 5. The summed E-state index contributed by atoms with van der Waals surface area (Å²) in [5.41, 5.74) is 2.63. The number of hydrogen-bond acceptors (Lipinski definition) is 3. The van der Waals surface area contributed by atoms with E-state index in [1.165, 1.54) is 6.42 Å². The van der Waals surface area contributed by atoms with E-state index in [1.54, 1.807) is 0 Å². The average molecular weight is 446 g/mol. The molecule has 4 atom stereocenters. The summed E-state index contributed by atoms with van der Waals surface area (Å²) in [6.07, 6.45) is 1.51. The molecular formula is C24H32BrNO2. The molecule has 0 amide bonds. The maximum absolute atomic E-state index is 11.3. The second kappa shape index (κ2) is 8.66. The van der Waals surface area contributed by atoms with Gasteiger partial charge < -0.3 is 10.2 Å². The highest BCUT2D eigenvalue weighted by Crippen LogP contribution is 2.38. The molecule has 152 valence electrons. The van der Waals surface area contributed by atoms with Crippen molar-refractivity contribution >= 4 is 15.9 Å². The summed E-state index contributed by atoms with van der Waals surface area (Å²) >= 11 is 3.49. The summed E-state index contributed by atoms with van der Waals surface area (Å²) in [6, 6.07) is 16.9. The lowest BCUT2D eigenvalue weighted by Crippen LogP contribution is -2.58. The Balaban J connectivity index is 1.95. The maximum Gasteiger partial charge on any atom is 0.134 e. The second-order valence-corrected chi connectivity index (χ2v) is 9.62. The fourth-order valence-electron chi connectivity index (χ4n) is 4.58. The molecule has 28 heavy (non-hydrogen) atoms. The van der Waals surface area contributed by atoms with Gasteiger partial charge in [0.15, 0.2) is 0 Å². The van der Waals surface area contributed by atoms with Crippen LogP contribution in [0.2, 0.25) is 0 Å². The van der Waals surface area contributed by atoms with Gasteiger partial charge in [0, 0.05) is 22.0 Å². The molecule has 3 rings (SSSR count). The summed E-state index contributed by atoms with van der Waals surface area (Å²) < 4.78 is 1.04. The highest BCUT2D eigenvalue weighted by Gasteiger charge is 2.42. The van der Waals surface area contributed by atoms with Crippen molar-refractivity contribution in [3.8, 4) is 11.1 Å². The van der Waals surface area contributed by atoms with E-state index in [9.17, 15) is 10.2 Å². The van der Waals surface area contributed by atoms with Gasteiger partial charge in [0.2, 0.25) is 0 Å². The van der Waals surface area contributed by atoms with Gasteiger partial charge in [-0.2, -0.15) is 0 Å². The SMILES string of the molecule is CC1CCCC(C)N1C(O)C(O)C(C)(C)c1ccccc1-c1ccc(Br)cc1. The van der Waals surface area contributed by atoms with Crippen LogP contribution in [-0.4, -0.2) is 39.5 Å². The summed E-state index contributed by atoms with van der Waals surface area (Å²) in [5.74, 6) is 0. The standard InChI is InChI=1S/C24H32BrNO2/c1-16-8-7-9-17(2)26(16)23(28)22(27)24(3,4)21-11-6-5-10-20(21)18-12-14-19(25)15-13-18/h5-6,10-17,22-23,27-28H,7-9H2,1-4H3. The molecule has 4 heteroatoms. The first kappa shape index (κ1) is 21.5. The minimum Gasteiger partial charge on any atom is -0.388 e. The minimum atomic E-state index is -0.896. The zero-order valence-electron chi connectivity index (χ0n) is 17.3. The zero-order chi connectivity index (χ0) is 20.5. The molecular weight excluding hydrogens is 414 g/mol. The topological polar surface area (TPSA) is 43.7 Å². The lowest BCUT2D eigenvalue weighted by molar-refractivity contribution is -0.143. The van der Waals surface area contributed by atoms with E-state index in [0.29, 0.717) is 0 Å². The van der Waals surface area contributed by atoms with E-state index in [0.717, 1.165) is 34.0 Å². The first-order valence-corrected chi connectivity index (χ1v) is 11.0. The van der Waals surface area contributed by atoms with E-state index in [-0.39, 0.29) is 12.1 Å². The Kier molecular flexibility index (Phi) is 6.65. The van der Waals surface area contributed by atoms with Crippen molar-refractivity contribution in [3.05, 3.63) is 58.6 Å². The van der Waals surface area contributed by atoms with Crippen LogP contribution in [0.1, 0.15) is 52.5 Å². The van der Waals surface area contributed by atoms with Crippen molar-refractivity contribution in [2.24, 2.45) is 0 Å². The molecule has 0 saturated carbocycles. The van der Waals surface area contributed by atoms with E-state index < -0.39 is 17.7 Å². The van der Waals surface area contributed by atoms with E-state index in [4.69, 9.17) is 0 Å². The maximum atomic E-state index is 11.3. The monoisotopic (exact) mass is 445 g/mol. The predicted molar refractivity (Wildman–Crippen MR) is 119 cm³/mol. The largest absolute Gasteiger partial charge is 0.388 e. The molecule has 1 fully saturated rings. The van der Waals surface area contributed by atoms with Crippen LogP contribution >= 0.6 is 15.9 Å². The predicted octanol–water partition coefficient (Wildman–Crippen LogP) is 5.34. The van der Waals surface area contributed by atoms with Crippen LogP contribution in [0.5, 0.6) is 0 Å². The van der Waals surface area contributed by atoms with E-state index >= 15 is 0 Å². The molecule has 1 aliphatic heterocycles. The number of aliphatic hydroxyl groups is 2. The van der Waals surface area contributed by atoms with Crippen LogP contribution in [0.3, 0.4) is 0 Å². The van der Waals surface area contributed by atoms with Gasteiger partial charge in [0.25, 0.3) is 0 Å². The second-order valence-electron chi connectivity index (χ2n) is 8.71. The molecule has 2 N–H and O–H groups in total. The Morgan fingerprint density at radius 2 is 1.54 bits per heavy atom. The van der Waals surface area contributed by atoms with Gasteiger partial charge in [-0.15, -0.1) is 0 Å². The Hall–Kier alpha value is -1.20. The van der Waals surface area contributed by atoms with Gasteiger partial charge in [-0.05, 0) is 55.5 Å². The molecule has 0 aliphatic carbocycles. The molecule has 1 aliphatic rings. The van der Waals surface area contributed by atoms with E-state index in [1.807, 2.05) is 38.1 Å². The molecule has 0 aromatic heterocycles. The number of piperidine rings is 1. The van der Waals surface area contributed by atoms with Crippen LogP contribution in [0.15, 0.2) is 53.0 Å². The number of benzene rings is 2. The smallest absolute Gasteiger partial charge is 0.134 e. The highest BCUT2D eigenvalue weighted by atomic mass is 79.9. The van der Waals surface area contributed by atoms with Gasteiger partial charge in [0.05, 0.1) is 0 Å². The van der Waals surface area contributed by atoms with Crippen LogP contribution < -0.4 is 0 Å². The van der Waals surface area contributed by atoms with Gasteiger partial charge in [-0.25, -0.2) is 0 Å². The number of aliphatic hydroxyl groups excluding tert-OH is 2. The van der Waals surface area contributed by atoms with Crippen molar-refractivity contribution < 1.29 is 10.2 Å². The number of halogens is 1. The zero-order valence-corrected chi connectivity index (χ0v) is 18.9. The van der Waals surface area contributed by atoms with Gasteiger partial charge >= 0.3 is 0 Å². The van der Waals surface area contributed by atoms with Crippen molar-refractivity contribution in [1.29, 1.82) is 0 Å². The van der Waals surface area contributed by atoms with Crippen LogP contribution in [0.4, 0.5) is 0 Å². The molecule has 3 nitrogen and oxygen atoms in total. The fraction of sp³-hybridized carbons (Fsp3) is 0.500. The quantitative estimate of drug-likeness (QED) is 0.652. The molecule has 1 saturated heterocycles. The third-order valence-electron chi connectivity index (χ3n) is 6.37. The Bertz CT molecular complexity index is 779.